The Morgan fingerprint density at radius 1 is 1.31 bits per heavy atom. The van der Waals surface area contributed by atoms with Gasteiger partial charge in [-0.05, 0) is 30.0 Å². The predicted octanol–water partition coefficient (Wildman–Crippen LogP) is 2.55. The molecule has 0 aliphatic carbocycles. The zero-order chi connectivity index (χ0) is 12.3. The standard InChI is InChI=1S/C12H18ClNO2/c1-7(2)8-6-12(16)9(5-10(8)13)11(14)3-4-15/h5-7,11,15-16H,3-4,14H2,1-2H3. The molecule has 4 N–H and O–H groups in total. The van der Waals surface area contributed by atoms with Crippen LogP contribution >= 0.6 is 11.6 Å². The van der Waals surface area contributed by atoms with Gasteiger partial charge < -0.3 is 15.9 Å². The fourth-order valence-electron chi connectivity index (χ4n) is 1.63. The van der Waals surface area contributed by atoms with Crippen LogP contribution in [-0.4, -0.2) is 16.8 Å². The third-order valence-electron chi connectivity index (χ3n) is 2.61. The quantitative estimate of drug-likeness (QED) is 0.761. The van der Waals surface area contributed by atoms with E-state index in [9.17, 15) is 5.11 Å². The van der Waals surface area contributed by atoms with Crippen molar-refractivity contribution in [3.05, 3.63) is 28.3 Å². The van der Waals surface area contributed by atoms with Gasteiger partial charge in [-0.2, -0.15) is 0 Å². The topological polar surface area (TPSA) is 66.5 Å². The van der Waals surface area contributed by atoms with E-state index in [0.29, 0.717) is 17.0 Å². The van der Waals surface area contributed by atoms with Crippen molar-refractivity contribution < 1.29 is 10.2 Å². The summed E-state index contributed by atoms with van der Waals surface area (Å²) in [5.74, 6) is 0.399. The summed E-state index contributed by atoms with van der Waals surface area (Å²) in [5, 5.41) is 19.3. The van der Waals surface area contributed by atoms with Gasteiger partial charge in [-0.3, -0.25) is 0 Å². The SMILES string of the molecule is CC(C)c1cc(O)c(C(N)CCO)cc1Cl. The maximum atomic E-state index is 9.84. The molecule has 0 bridgehead atoms. The molecule has 1 rings (SSSR count). The number of hydrogen-bond acceptors (Lipinski definition) is 3. The number of hydrogen-bond donors (Lipinski definition) is 3. The number of phenols is 1. The minimum atomic E-state index is -0.385. The van der Waals surface area contributed by atoms with Crippen LogP contribution in [0.3, 0.4) is 0 Å². The Bertz CT molecular complexity index is 366. The highest BCUT2D eigenvalue weighted by Gasteiger charge is 2.15. The molecule has 0 fully saturated rings. The van der Waals surface area contributed by atoms with Crippen molar-refractivity contribution in [3.8, 4) is 5.75 Å². The fourth-order valence-corrected chi connectivity index (χ4v) is 2.02. The monoisotopic (exact) mass is 243 g/mol. The molecule has 0 aromatic heterocycles. The molecule has 1 aromatic carbocycles. The molecule has 0 saturated heterocycles. The number of aliphatic hydroxyl groups is 1. The number of aliphatic hydroxyl groups excluding tert-OH is 1. The van der Waals surface area contributed by atoms with Crippen LogP contribution in [0.5, 0.6) is 5.75 Å². The largest absolute Gasteiger partial charge is 0.508 e. The summed E-state index contributed by atoms with van der Waals surface area (Å²) in [6, 6.07) is 2.95. The average Bonchev–Trinajstić information content (AvgIpc) is 2.20. The highest BCUT2D eigenvalue weighted by Crippen LogP contribution is 2.34. The summed E-state index contributed by atoms with van der Waals surface area (Å²) < 4.78 is 0. The van der Waals surface area contributed by atoms with E-state index in [1.807, 2.05) is 13.8 Å². The zero-order valence-electron chi connectivity index (χ0n) is 9.57. The van der Waals surface area contributed by atoms with Crippen LogP contribution in [0.1, 0.15) is 43.4 Å². The van der Waals surface area contributed by atoms with E-state index >= 15 is 0 Å². The summed E-state index contributed by atoms with van der Waals surface area (Å²) in [5.41, 5.74) is 7.31. The zero-order valence-corrected chi connectivity index (χ0v) is 10.3. The number of nitrogens with two attached hydrogens (primary N) is 1. The lowest BCUT2D eigenvalue weighted by atomic mass is 9.97. The summed E-state index contributed by atoms with van der Waals surface area (Å²) >= 11 is 6.11. The van der Waals surface area contributed by atoms with Crippen molar-refractivity contribution >= 4 is 11.6 Å². The van der Waals surface area contributed by atoms with E-state index in [4.69, 9.17) is 22.4 Å². The van der Waals surface area contributed by atoms with E-state index in [1.54, 1.807) is 12.1 Å². The molecule has 16 heavy (non-hydrogen) atoms. The molecular formula is C12H18ClNO2. The van der Waals surface area contributed by atoms with Crippen LogP contribution in [0.15, 0.2) is 12.1 Å². The second-order valence-corrected chi connectivity index (χ2v) is 4.61. The first-order chi connectivity index (χ1) is 7.47. The third kappa shape index (κ3) is 2.88. The molecule has 0 aliphatic rings. The minimum Gasteiger partial charge on any atom is -0.508 e. The molecule has 0 spiro atoms. The highest BCUT2D eigenvalue weighted by atomic mass is 35.5. The summed E-state index contributed by atoms with van der Waals surface area (Å²) in [4.78, 5) is 0. The van der Waals surface area contributed by atoms with Crippen LogP contribution in [0, 0.1) is 0 Å². The van der Waals surface area contributed by atoms with E-state index in [1.165, 1.54) is 0 Å². The van der Waals surface area contributed by atoms with Crippen LogP contribution in [0.4, 0.5) is 0 Å². The molecule has 90 valence electrons. The van der Waals surface area contributed by atoms with Gasteiger partial charge in [0.2, 0.25) is 0 Å². The number of phenolic OH excluding ortho intramolecular Hbond substituents is 1. The van der Waals surface area contributed by atoms with Gasteiger partial charge in [0.1, 0.15) is 5.75 Å². The van der Waals surface area contributed by atoms with Gasteiger partial charge in [0, 0.05) is 23.2 Å². The lowest BCUT2D eigenvalue weighted by Gasteiger charge is -2.16. The Hall–Kier alpha value is -0.770. The van der Waals surface area contributed by atoms with Crippen molar-refractivity contribution in [1.29, 1.82) is 0 Å². The smallest absolute Gasteiger partial charge is 0.120 e. The van der Waals surface area contributed by atoms with E-state index < -0.39 is 0 Å². The molecule has 1 aromatic rings. The van der Waals surface area contributed by atoms with Crippen LogP contribution in [-0.2, 0) is 0 Å². The Balaban J connectivity index is 3.10. The number of benzene rings is 1. The summed E-state index contributed by atoms with van der Waals surface area (Å²) in [6.07, 6.45) is 0.408. The normalized spacial score (nSPS) is 13.1. The Morgan fingerprint density at radius 3 is 2.44 bits per heavy atom. The lowest BCUT2D eigenvalue weighted by molar-refractivity contribution is 0.275. The van der Waals surface area contributed by atoms with Crippen molar-refractivity contribution in [2.24, 2.45) is 5.73 Å². The highest BCUT2D eigenvalue weighted by molar-refractivity contribution is 6.31. The summed E-state index contributed by atoms with van der Waals surface area (Å²) in [6.45, 7) is 4.01. The molecule has 0 saturated carbocycles. The average molecular weight is 244 g/mol. The Kier molecular flexibility index (Phi) is 4.59. The first-order valence-electron chi connectivity index (χ1n) is 5.36. The first-order valence-corrected chi connectivity index (χ1v) is 5.74. The van der Waals surface area contributed by atoms with Gasteiger partial charge in [0.15, 0.2) is 0 Å². The Labute approximate surface area is 101 Å². The maximum Gasteiger partial charge on any atom is 0.120 e. The van der Waals surface area contributed by atoms with Gasteiger partial charge in [0.05, 0.1) is 0 Å². The van der Waals surface area contributed by atoms with Crippen molar-refractivity contribution in [3.63, 3.8) is 0 Å². The van der Waals surface area contributed by atoms with E-state index in [2.05, 4.69) is 0 Å². The predicted molar refractivity (Wildman–Crippen MR) is 65.8 cm³/mol. The van der Waals surface area contributed by atoms with E-state index in [-0.39, 0.29) is 24.3 Å². The number of aromatic hydroxyl groups is 1. The molecule has 4 heteroatoms. The molecule has 0 radical (unpaired) electrons. The van der Waals surface area contributed by atoms with Gasteiger partial charge in [-0.1, -0.05) is 25.4 Å². The van der Waals surface area contributed by atoms with Gasteiger partial charge in [-0.25, -0.2) is 0 Å². The van der Waals surface area contributed by atoms with Gasteiger partial charge in [0.25, 0.3) is 0 Å². The fraction of sp³-hybridized carbons (Fsp3) is 0.500. The van der Waals surface area contributed by atoms with Gasteiger partial charge >= 0.3 is 0 Å². The molecule has 1 unspecified atom stereocenters. The maximum absolute atomic E-state index is 9.84. The molecule has 0 aliphatic heterocycles. The first kappa shape index (κ1) is 13.3. The Morgan fingerprint density at radius 2 is 1.94 bits per heavy atom. The lowest BCUT2D eigenvalue weighted by Crippen LogP contribution is -2.12. The molecule has 0 amide bonds. The van der Waals surface area contributed by atoms with Crippen molar-refractivity contribution in [2.75, 3.05) is 6.61 Å². The third-order valence-corrected chi connectivity index (χ3v) is 2.93. The van der Waals surface area contributed by atoms with Gasteiger partial charge in [-0.15, -0.1) is 0 Å². The molecule has 1 atom stereocenters. The second kappa shape index (κ2) is 5.53. The summed E-state index contributed by atoms with van der Waals surface area (Å²) in [7, 11) is 0. The van der Waals surface area contributed by atoms with Crippen LogP contribution in [0.2, 0.25) is 5.02 Å². The van der Waals surface area contributed by atoms with Crippen molar-refractivity contribution in [1.82, 2.24) is 0 Å². The molecule has 3 nitrogen and oxygen atoms in total. The second-order valence-electron chi connectivity index (χ2n) is 4.21. The number of halogens is 1. The van der Waals surface area contributed by atoms with Crippen molar-refractivity contribution in [2.45, 2.75) is 32.2 Å². The van der Waals surface area contributed by atoms with Crippen LogP contribution < -0.4 is 5.73 Å². The molecular weight excluding hydrogens is 226 g/mol. The van der Waals surface area contributed by atoms with E-state index in [0.717, 1.165) is 5.56 Å². The molecule has 0 heterocycles. The minimum absolute atomic E-state index is 0.00976. The number of rotatable bonds is 4. The van der Waals surface area contributed by atoms with Crippen LogP contribution in [0.25, 0.3) is 0 Å².